The number of rotatable bonds is 40. The van der Waals surface area contributed by atoms with Gasteiger partial charge in [-0.05, 0) is 63.9 Å². The van der Waals surface area contributed by atoms with Crippen molar-refractivity contribution in [3.8, 4) is 0 Å². The van der Waals surface area contributed by atoms with Gasteiger partial charge >= 0.3 is 5.97 Å². The normalized spacial score (nSPS) is 14.3. The summed E-state index contributed by atoms with van der Waals surface area (Å²) in [5.41, 5.74) is 0. The summed E-state index contributed by atoms with van der Waals surface area (Å²) in [6, 6.07) is 0. The number of likely N-dealkylation sites (N-methyl/N-ethyl adjacent to an activating group) is 1. The van der Waals surface area contributed by atoms with Crippen LogP contribution in [0.3, 0.4) is 0 Å². The Morgan fingerprint density at radius 3 is 1.55 bits per heavy atom. The van der Waals surface area contributed by atoms with Crippen LogP contribution in [0.2, 0.25) is 0 Å². The highest BCUT2D eigenvalue weighted by Gasteiger charge is 2.20. The number of hydrogen-bond donors (Lipinski definition) is 0. The molecule has 8 nitrogen and oxygen atoms in total. The number of carbonyl (C=O) groups is 1. The maximum absolute atomic E-state index is 12.6. The van der Waals surface area contributed by atoms with Crippen LogP contribution in [0, 0.1) is 0 Å². The van der Waals surface area contributed by atoms with Gasteiger partial charge in [0.1, 0.15) is 19.8 Å². The van der Waals surface area contributed by atoms with Gasteiger partial charge in [0.2, 0.25) is 0 Å². The summed E-state index contributed by atoms with van der Waals surface area (Å²) in [5, 5.41) is 0. The van der Waals surface area contributed by atoms with E-state index in [4.69, 9.17) is 18.5 Å². The molecular formula is C46H84NO7P. The van der Waals surface area contributed by atoms with E-state index in [0.29, 0.717) is 17.4 Å². The van der Waals surface area contributed by atoms with E-state index in [1.807, 2.05) is 27.2 Å². The lowest BCUT2D eigenvalue weighted by atomic mass is 10.0. The van der Waals surface area contributed by atoms with Crippen molar-refractivity contribution in [1.82, 2.24) is 0 Å². The van der Waals surface area contributed by atoms with E-state index in [9.17, 15) is 14.3 Å². The van der Waals surface area contributed by atoms with E-state index in [1.54, 1.807) is 6.26 Å². The van der Waals surface area contributed by atoms with Gasteiger partial charge in [0.15, 0.2) is 6.10 Å². The molecule has 0 spiro atoms. The summed E-state index contributed by atoms with van der Waals surface area (Å²) in [4.78, 5) is 25.0. The Morgan fingerprint density at radius 1 is 0.582 bits per heavy atom. The van der Waals surface area contributed by atoms with E-state index < -0.39 is 19.9 Å². The summed E-state index contributed by atoms with van der Waals surface area (Å²) in [7, 11) is 1.29. The van der Waals surface area contributed by atoms with Crippen LogP contribution in [-0.4, -0.2) is 64.1 Å². The number of esters is 1. The van der Waals surface area contributed by atoms with Crippen molar-refractivity contribution in [1.29, 1.82) is 0 Å². The molecule has 2 atom stereocenters. The molecule has 0 amide bonds. The average molecular weight is 794 g/mol. The molecule has 0 bridgehead atoms. The fourth-order valence-electron chi connectivity index (χ4n) is 5.68. The molecule has 0 saturated carbocycles. The van der Waals surface area contributed by atoms with Crippen LogP contribution < -0.4 is 4.89 Å². The zero-order chi connectivity index (χ0) is 40.6. The van der Waals surface area contributed by atoms with Gasteiger partial charge in [-0.3, -0.25) is 9.36 Å². The van der Waals surface area contributed by atoms with Crippen LogP contribution in [0.4, 0.5) is 0 Å². The van der Waals surface area contributed by atoms with Crippen molar-refractivity contribution in [3.63, 3.8) is 0 Å². The lowest BCUT2D eigenvalue weighted by Gasteiger charge is -2.28. The molecule has 55 heavy (non-hydrogen) atoms. The molecule has 0 N–H and O–H groups in total. The summed E-state index contributed by atoms with van der Waals surface area (Å²) in [5.74, 6) is -0.411. The summed E-state index contributed by atoms with van der Waals surface area (Å²) in [6.45, 7) is 4.64. The van der Waals surface area contributed by atoms with E-state index in [1.165, 1.54) is 109 Å². The maximum atomic E-state index is 12.6. The summed E-state index contributed by atoms with van der Waals surface area (Å²) < 4.78 is 34.3. The Labute approximate surface area is 339 Å². The first kappa shape index (κ1) is 53.0. The van der Waals surface area contributed by atoms with Gasteiger partial charge in [-0.25, -0.2) is 0 Å². The number of hydrogen-bond acceptors (Lipinski definition) is 7. The average Bonchev–Trinajstić information content (AvgIpc) is 3.13. The van der Waals surface area contributed by atoms with E-state index in [2.05, 4.69) is 62.5 Å². The first-order chi connectivity index (χ1) is 26.6. The minimum atomic E-state index is -4.56. The van der Waals surface area contributed by atoms with Crippen LogP contribution in [0.5, 0.6) is 0 Å². The number of ether oxygens (including phenoxy) is 2. The quantitative estimate of drug-likeness (QED) is 0.0152. The number of carbonyl (C=O) groups excluding carboxylic acids is 1. The van der Waals surface area contributed by atoms with Crippen LogP contribution in [0.25, 0.3) is 0 Å². The standard InChI is InChI=1S/C46H84NO7P/c1-6-8-10-12-14-16-18-20-22-24-25-27-29-31-33-35-37-39-46(48)54-45(44-53-55(49,50)52-42-40-47(3,4)5)43-51-41-38-36-34-32-30-28-26-23-21-19-17-15-13-11-9-7-2/h14,16,20,22,25,27,31,33,38,41,45H,6-13,15,17-19,21,23-24,26,28-30,32,34-37,39-40,42-44H2,1-5H3. The Hall–Kier alpha value is -1.96. The highest BCUT2D eigenvalue weighted by Crippen LogP contribution is 2.38. The molecule has 320 valence electrons. The minimum Gasteiger partial charge on any atom is -0.756 e. The SMILES string of the molecule is CCCCCC=CCC=CCC=CCC=CCCCC(=O)OC(COC=CCCCCCCCCCCCCCCCC)COP(=O)([O-])OCC[N+](C)(C)C. The molecule has 0 aliphatic heterocycles. The smallest absolute Gasteiger partial charge is 0.306 e. The predicted octanol–water partition coefficient (Wildman–Crippen LogP) is 12.7. The van der Waals surface area contributed by atoms with Crippen LogP contribution in [-0.2, 0) is 27.9 Å². The number of phosphoric ester groups is 1. The van der Waals surface area contributed by atoms with E-state index >= 15 is 0 Å². The third kappa shape index (κ3) is 43.0. The number of quaternary nitrogens is 1. The highest BCUT2D eigenvalue weighted by molar-refractivity contribution is 7.45. The highest BCUT2D eigenvalue weighted by atomic mass is 31.2. The van der Waals surface area contributed by atoms with Crippen molar-refractivity contribution in [2.75, 3.05) is 47.5 Å². The Balaban J connectivity index is 4.39. The molecule has 0 aromatic rings. The zero-order valence-electron chi connectivity index (χ0n) is 36.1. The van der Waals surface area contributed by atoms with Crippen molar-refractivity contribution in [2.45, 2.75) is 180 Å². The number of allylic oxidation sites excluding steroid dienone is 9. The predicted molar refractivity (Wildman–Crippen MR) is 231 cm³/mol. The largest absolute Gasteiger partial charge is 0.756 e. The van der Waals surface area contributed by atoms with Gasteiger partial charge in [0, 0.05) is 6.42 Å². The van der Waals surface area contributed by atoms with Gasteiger partial charge in [-0.15, -0.1) is 0 Å². The lowest BCUT2D eigenvalue weighted by Crippen LogP contribution is -2.37. The van der Waals surface area contributed by atoms with Crippen molar-refractivity contribution in [3.05, 3.63) is 60.9 Å². The van der Waals surface area contributed by atoms with Crippen molar-refractivity contribution in [2.24, 2.45) is 0 Å². The topological polar surface area (TPSA) is 94.1 Å². The summed E-state index contributed by atoms with van der Waals surface area (Å²) >= 11 is 0. The van der Waals surface area contributed by atoms with Crippen LogP contribution in [0.15, 0.2) is 60.9 Å². The second kappa shape index (κ2) is 38.9. The van der Waals surface area contributed by atoms with Crippen molar-refractivity contribution >= 4 is 13.8 Å². The molecule has 0 aromatic heterocycles. The molecule has 0 fully saturated rings. The van der Waals surface area contributed by atoms with Gasteiger partial charge in [0.05, 0.1) is 34.0 Å². The van der Waals surface area contributed by atoms with Gasteiger partial charge in [-0.1, -0.05) is 159 Å². The molecule has 9 heteroatoms. The van der Waals surface area contributed by atoms with Gasteiger partial charge in [-0.2, -0.15) is 0 Å². The Morgan fingerprint density at radius 2 is 1.02 bits per heavy atom. The molecule has 0 heterocycles. The molecule has 0 rings (SSSR count). The maximum Gasteiger partial charge on any atom is 0.306 e. The van der Waals surface area contributed by atoms with Crippen LogP contribution in [0.1, 0.15) is 174 Å². The second-order valence-corrected chi connectivity index (χ2v) is 17.2. The fourth-order valence-corrected chi connectivity index (χ4v) is 6.41. The minimum absolute atomic E-state index is 0.00294. The molecule has 0 aliphatic carbocycles. The third-order valence-corrected chi connectivity index (χ3v) is 10.1. The van der Waals surface area contributed by atoms with Crippen molar-refractivity contribution < 1.29 is 37.3 Å². The van der Waals surface area contributed by atoms with Gasteiger partial charge in [0.25, 0.3) is 7.82 Å². The molecule has 0 saturated heterocycles. The molecular weight excluding hydrogens is 709 g/mol. The Bertz CT molecular complexity index is 1060. The lowest BCUT2D eigenvalue weighted by molar-refractivity contribution is -0.870. The molecule has 0 aliphatic rings. The third-order valence-electron chi connectivity index (χ3n) is 9.14. The second-order valence-electron chi connectivity index (χ2n) is 15.8. The first-order valence-electron chi connectivity index (χ1n) is 22.1. The number of unbranched alkanes of at least 4 members (excludes halogenated alkanes) is 18. The molecule has 0 aromatic carbocycles. The molecule has 0 radical (unpaired) electrons. The first-order valence-corrected chi connectivity index (χ1v) is 23.5. The monoisotopic (exact) mass is 794 g/mol. The summed E-state index contributed by atoms with van der Waals surface area (Å²) in [6.07, 6.45) is 49.0. The van der Waals surface area contributed by atoms with E-state index in [-0.39, 0.29) is 26.2 Å². The number of nitrogens with zero attached hydrogens (tertiary/aromatic N) is 1. The van der Waals surface area contributed by atoms with Gasteiger partial charge < -0.3 is 27.9 Å². The zero-order valence-corrected chi connectivity index (χ0v) is 37.0. The number of phosphoric acid groups is 1. The molecule has 2 unspecified atom stereocenters. The van der Waals surface area contributed by atoms with Crippen LogP contribution >= 0.6 is 7.82 Å². The van der Waals surface area contributed by atoms with E-state index in [0.717, 1.165) is 38.5 Å². The fraction of sp³-hybridized carbons (Fsp3) is 0.761. The Kier molecular flexibility index (Phi) is 37.5.